The summed E-state index contributed by atoms with van der Waals surface area (Å²) in [6.45, 7) is 0. The molecule has 2 N–H and O–H groups in total. The molecule has 0 aliphatic heterocycles. The van der Waals surface area contributed by atoms with Crippen LogP contribution in [0.1, 0.15) is 10.4 Å². The van der Waals surface area contributed by atoms with E-state index >= 15 is 0 Å². The molecule has 2 rings (SSSR count). The number of carbonyl (C=O) groups excluding carboxylic acids is 1. The molecule has 0 atom stereocenters. The lowest BCUT2D eigenvalue weighted by Gasteiger charge is -2.08. The molecular weight excluding hydrogens is 246 g/mol. The highest BCUT2D eigenvalue weighted by atomic mass is 16.5. The highest BCUT2D eigenvalue weighted by Crippen LogP contribution is 2.26. The first kappa shape index (κ1) is 12.6. The van der Waals surface area contributed by atoms with Crippen LogP contribution in [0.2, 0.25) is 0 Å². The number of aromatic carboxylic acids is 1. The monoisotopic (exact) mass is 257 g/mol. The van der Waals surface area contributed by atoms with E-state index in [0.29, 0.717) is 17.8 Å². The van der Waals surface area contributed by atoms with Crippen molar-refractivity contribution < 1.29 is 19.4 Å². The number of carboxylic acid groups (broad SMARTS) is 1. The summed E-state index contributed by atoms with van der Waals surface area (Å²) < 4.78 is 5.51. The van der Waals surface area contributed by atoms with E-state index in [4.69, 9.17) is 9.84 Å². The van der Waals surface area contributed by atoms with Crippen LogP contribution in [-0.4, -0.2) is 17.5 Å². The SMILES string of the molecule is O=CNc1ccc(Oc2ccccc2C(=O)O)cc1. The highest BCUT2D eigenvalue weighted by Gasteiger charge is 2.10. The molecule has 19 heavy (non-hydrogen) atoms. The van der Waals surface area contributed by atoms with Crippen LogP contribution in [0, 0.1) is 0 Å². The lowest BCUT2D eigenvalue weighted by atomic mass is 10.2. The van der Waals surface area contributed by atoms with Crippen molar-refractivity contribution in [2.24, 2.45) is 0 Å². The number of amides is 1. The molecule has 96 valence electrons. The van der Waals surface area contributed by atoms with Gasteiger partial charge in [0.2, 0.25) is 6.41 Å². The smallest absolute Gasteiger partial charge is 0.339 e. The number of benzene rings is 2. The van der Waals surface area contributed by atoms with Crippen LogP contribution in [0.25, 0.3) is 0 Å². The largest absolute Gasteiger partial charge is 0.478 e. The van der Waals surface area contributed by atoms with Gasteiger partial charge in [-0.1, -0.05) is 12.1 Å². The third-order valence-electron chi connectivity index (χ3n) is 2.43. The quantitative estimate of drug-likeness (QED) is 0.807. The molecule has 0 spiro atoms. The molecule has 0 aliphatic rings. The molecule has 0 saturated heterocycles. The van der Waals surface area contributed by atoms with Gasteiger partial charge in [-0.05, 0) is 36.4 Å². The van der Waals surface area contributed by atoms with Crippen molar-refractivity contribution in [1.82, 2.24) is 0 Å². The van der Waals surface area contributed by atoms with E-state index in [0.717, 1.165) is 0 Å². The molecule has 0 radical (unpaired) electrons. The number of para-hydroxylation sites is 1. The van der Waals surface area contributed by atoms with Gasteiger partial charge in [0.15, 0.2) is 0 Å². The Bertz CT molecular complexity index is 593. The lowest BCUT2D eigenvalue weighted by molar-refractivity contribution is -0.105. The number of hydrogen-bond donors (Lipinski definition) is 2. The Labute approximate surface area is 109 Å². The number of rotatable bonds is 5. The second-order valence-electron chi connectivity index (χ2n) is 3.69. The third kappa shape index (κ3) is 3.10. The average molecular weight is 257 g/mol. The van der Waals surface area contributed by atoms with Gasteiger partial charge < -0.3 is 15.2 Å². The minimum absolute atomic E-state index is 0.0950. The maximum atomic E-state index is 11.0. The number of anilines is 1. The molecule has 2 aromatic carbocycles. The summed E-state index contributed by atoms with van der Waals surface area (Å²) in [5, 5.41) is 11.5. The Morgan fingerprint density at radius 3 is 2.42 bits per heavy atom. The van der Waals surface area contributed by atoms with E-state index in [2.05, 4.69) is 5.32 Å². The molecular formula is C14H11NO4. The van der Waals surface area contributed by atoms with Crippen LogP contribution in [0.15, 0.2) is 48.5 Å². The summed E-state index contributed by atoms with van der Waals surface area (Å²) in [4.78, 5) is 21.3. The van der Waals surface area contributed by atoms with Gasteiger partial charge in [-0.3, -0.25) is 4.79 Å². The molecule has 0 aliphatic carbocycles. The van der Waals surface area contributed by atoms with Crippen molar-refractivity contribution in [2.45, 2.75) is 0 Å². The fourth-order valence-corrected chi connectivity index (χ4v) is 1.55. The van der Waals surface area contributed by atoms with Gasteiger partial charge in [-0.2, -0.15) is 0 Å². The molecule has 1 amide bonds. The summed E-state index contributed by atoms with van der Waals surface area (Å²) in [5.74, 6) is -0.286. The number of carbonyl (C=O) groups is 2. The van der Waals surface area contributed by atoms with Crippen molar-refractivity contribution in [1.29, 1.82) is 0 Å². The van der Waals surface area contributed by atoms with Crippen molar-refractivity contribution in [3.63, 3.8) is 0 Å². The molecule has 0 heterocycles. The van der Waals surface area contributed by atoms with Crippen LogP contribution >= 0.6 is 0 Å². The standard InChI is InChI=1S/C14H11NO4/c16-9-15-10-5-7-11(8-6-10)19-13-4-2-1-3-12(13)14(17)18/h1-9H,(H,15,16)(H,17,18). The van der Waals surface area contributed by atoms with Crippen molar-refractivity contribution in [3.05, 3.63) is 54.1 Å². The van der Waals surface area contributed by atoms with Crippen molar-refractivity contribution in [3.8, 4) is 11.5 Å². The van der Waals surface area contributed by atoms with Crippen LogP contribution in [0.3, 0.4) is 0 Å². The predicted octanol–water partition coefficient (Wildman–Crippen LogP) is 2.75. The fraction of sp³-hybridized carbons (Fsp3) is 0. The Balaban J connectivity index is 2.21. The second-order valence-corrected chi connectivity index (χ2v) is 3.69. The lowest BCUT2D eigenvalue weighted by Crippen LogP contribution is -1.99. The van der Waals surface area contributed by atoms with Crippen LogP contribution in [-0.2, 0) is 4.79 Å². The van der Waals surface area contributed by atoms with E-state index in [-0.39, 0.29) is 11.3 Å². The number of hydrogen-bond acceptors (Lipinski definition) is 3. The number of carboxylic acids is 1. The summed E-state index contributed by atoms with van der Waals surface area (Å²) in [5.41, 5.74) is 0.728. The van der Waals surface area contributed by atoms with Gasteiger partial charge in [0.25, 0.3) is 0 Å². The summed E-state index contributed by atoms with van der Waals surface area (Å²) >= 11 is 0. The number of nitrogens with one attached hydrogen (secondary N) is 1. The maximum Gasteiger partial charge on any atom is 0.339 e. The van der Waals surface area contributed by atoms with Gasteiger partial charge >= 0.3 is 5.97 Å². The van der Waals surface area contributed by atoms with E-state index in [1.165, 1.54) is 6.07 Å². The summed E-state index contributed by atoms with van der Waals surface area (Å²) in [7, 11) is 0. The Kier molecular flexibility index (Phi) is 3.78. The van der Waals surface area contributed by atoms with E-state index in [1.807, 2.05) is 0 Å². The Hall–Kier alpha value is -2.82. The molecule has 5 heteroatoms. The third-order valence-corrected chi connectivity index (χ3v) is 2.43. The molecule has 0 unspecified atom stereocenters. The normalized spacial score (nSPS) is 9.68. The van der Waals surface area contributed by atoms with E-state index in [1.54, 1.807) is 42.5 Å². The predicted molar refractivity (Wildman–Crippen MR) is 69.6 cm³/mol. The molecule has 0 fully saturated rings. The fourth-order valence-electron chi connectivity index (χ4n) is 1.55. The van der Waals surface area contributed by atoms with Gasteiger partial charge in [0.05, 0.1) is 0 Å². The zero-order chi connectivity index (χ0) is 13.7. The second kappa shape index (κ2) is 5.68. The minimum Gasteiger partial charge on any atom is -0.478 e. The Morgan fingerprint density at radius 1 is 1.11 bits per heavy atom. The van der Waals surface area contributed by atoms with Crippen LogP contribution < -0.4 is 10.1 Å². The summed E-state index contributed by atoms with van der Waals surface area (Å²) in [6, 6.07) is 13.0. The first-order chi connectivity index (χ1) is 9.20. The van der Waals surface area contributed by atoms with Crippen LogP contribution in [0.5, 0.6) is 11.5 Å². The van der Waals surface area contributed by atoms with Gasteiger partial charge in [-0.15, -0.1) is 0 Å². The molecule has 0 aromatic heterocycles. The van der Waals surface area contributed by atoms with E-state index in [9.17, 15) is 9.59 Å². The zero-order valence-electron chi connectivity index (χ0n) is 9.87. The molecule has 0 bridgehead atoms. The molecule has 2 aromatic rings. The molecule has 5 nitrogen and oxygen atoms in total. The van der Waals surface area contributed by atoms with Crippen molar-refractivity contribution in [2.75, 3.05) is 5.32 Å². The zero-order valence-corrected chi connectivity index (χ0v) is 9.87. The van der Waals surface area contributed by atoms with Crippen molar-refractivity contribution >= 4 is 18.1 Å². The number of ether oxygens (including phenoxy) is 1. The topological polar surface area (TPSA) is 75.6 Å². The first-order valence-electron chi connectivity index (χ1n) is 5.51. The van der Waals surface area contributed by atoms with Gasteiger partial charge in [-0.25, -0.2) is 4.79 Å². The molecule has 0 saturated carbocycles. The van der Waals surface area contributed by atoms with Gasteiger partial charge in [0, 0.05) is 5.69 Å². The average Bonchev–Trinajstić information content (AvgIpc) is 2.42. The van der Waals surface area contributed by atoms with Crippen LogP contribution in [0.4, 0.5) is 5.69 Å². The minimum atomic E-state index is -1.05. The highest BCUT2D eigenvalue weighted by molar-refractivity contribution is 5.90. The summed E-state index contributed by atoms with van der Waals surface area (Å²) in [6.07, 6.45) is 0.579. The first-order valence-corrected chi connectivity index (χ1v) is 5.51. The van der Waals surface area contributed by atoms with Gasteiger partial charge in [0.1, 0.15) is 17.1 Å². The van der Waals surface area contributed by atoms with E-state index < -0.39 is 5.97 Å². The Morgan fingerprint density at radius 2 is 1.79 bits per heavy atom. The maximum absolute atomic E-state index is 11.0.